The molecule has 1 aromatic carbocycles. The van der Waals surface area contributed by atoms with Gasteiger partial charge in [-0.1, -0.05) is 24.3 Å². The molecule has 0 aliphatic heterocycles. The molecular formula is C15H24N2O. The molecule has 2 N–H and O–H groups in total. The topological polar surface area (TPSA) is 41.1 Å². The van der Waals surface area contributed by atoms with Crippen LogP contribution in [-0.2, 0) is 11.2 Å². The van der Waals surface area contributed by atoms with Crippen molar-refractivity contribution < 1.29 is 4.79 Å². The summed E-state index contributed by atoms with van der Waals surface area (Å²) in [5.74, 6) is 0.0542. The van der Waals surface area contributed by atoms with E-state index < -0.39 is 0 Å². The minimum atomic E-state index is -0.0205. The van der Waals surface area contributed by atoms with Crippen LogP contribution in [0.3, 0.4) is 0 Å². The minimum absolute atomic E-state index is 0.0205. The summed E-state index contributed by atoms with van der Waals surface area (Å²) in [6, 6.07) is 8.27. The molecule has 0 saturated heterocycles. The van der Waals surface area contributed by atoms with Crippen LogP contribution in [0.5, 0.6) is 0 Å². The molecule has 0 atom stereocenters. The van der Waals surface area contributed by atoms with Crippen LogP contribution in [0.2, 0.25) is 0 Å². The summed E-state index contributed by atoms with van der Waals surface area (Å²) in [5, 5.41) is 6.10. The Morgan fingerprint density at radius 3 is 2.50 bits per heavy atom. The van der Waals surface area contributed by atoms with Crippen molar-refractivity contribution in [2.45, 2.75) is 39.7 Å². The molecule has 3 nitrogen and oxygen atoms in total. The molecule has 3 heteroatoms. The molecule has 0 saturated carbocycles. The van der Waals surface area contributed by atoms with E-state index in [1.807, 2.05) is 32.9 Å². The standard InChI is InChI=1S/C15H24N2O/c1-12-7-5-6-8-13(12)9-10-16-14(18)11-17-15(2,3)4/h5-8,17H,9-11H2,1-4H3,(H,16,18). The SMILES string of the molecule is Cc1ccccc1CCNC(=O)CNC(C)(C)C. The number of hydrogen-bond donors (Lipinski definition) is 2. The lowest BCUT2D eigenvalue weighted by molar-refractivity contribution is -0.120. The third-order valence-corrected chi connectivity index (χ3v) is 2.76. The van der Waals surface area contributed by atoms with Crippen LogP contribution in [0.25, 0.3) is 0 Å². The maximum atomic E-state index is 11.6. The van der Waals surface area contributed by atoms with Crippen LogP contribution < -0.4 is 10.6 Å². The first-order chi connectivity index (χ1) is 8.38. The van der Waals surface area contributed by atoms with E-state index >= 15 is 0 Å². The van der Waals surface area contributed by atoms with Crippen LogP contribution in [0.1, 0.15) is 31.9 Å². The van der Waals surface area contributed by atoms with Crippen molar-refractivity contribution in [1.82, 2.24) is 10.6 Å². The second-order valence-corrected chi connectivity index (χ2v) is 5.63. The Hall–Kier alpha value is -1.35. The third-order valence-electron chi connectivity index (χ3n) is 2.76. The zero-order chi connectivity index (χ0) is 13.6. The predicted molar refractivity (Wildman–Crippen MR) is 75.6 cm³/mol. The van der Waals surface area contributed by atoms with Crippen LogP contribution in [0, 0.1) is 6.92 Å². The zero-order valence-corrected chi connectivity index (χ0v) is 11.8. The molecule has 0 aromatic heterocycles. The average Bonchev–Trinajstić information content (AvgIpc) is 2.28. The first-order valence-corrected chi connectivity index (χ1v) is 6.45. The van der Waals surface area contributed by atoms with Gasteiger partial charge in [0.15, 0.2) is 0 Å². The summed E-state index contributed by atoms with van der Waals surface area (Å²) in [4.78, 5) is 11.6. The molecule has 1 rings (SSSR count). The van der Waals surface area contributed by atoms with E-state index in [1.54, 1.807) is 0 Å². The van der Waals surface area contributed by atoms with E-state index in [0.29, 0.717) is 13.1 Å². The van der Waals surface area contributed by atoms with Gasteiger partial charge in [-0.3, -0.25) is 4.79 Å². The van der Waals surface area contributed by atoms with E-state index in [1.165, 1.54) is 11.1 Å². The molecule has 18 heavy (non-hydrogen) atoms. The normalized spacial score (nSPS) is 11.3. The van der Waals surface area contributed by atoms with Crippen LogP contribution in [0.4, 0.5) is 0 Å². The zero-order valence-electron chi connectivity index (χ0n) is 11.8. The molecule has 0 aliphatic carbocycles. The molecular weight excluding hydrogens is 224 g/mol. The van der Waals surface area contributed by atoms with E-state index in [9.17, 15) is 4.79 Å². The first-order valence-electron chi connectivity index (χ1n) is 6.45. The summed E-state index contributed by atoms with van der Waals surface area (Å²) < 4.78 is 0. The fraction of sp³-hybridized carbons (Fsp3) is 0.533. The van der Waals surface area contributed by atoms with Gasteiger partial charge in [0.1, 0.15) is 0 Å². The van der Waals surface area contributed by atoms with Crippen molar-refractivity contribution in [3.8, 4) is 0 Å². The smallest absolute Gasteiger partial charge is 0.233 e. The van der Waals surface area contributed by atoms with Crippen molar-refractivity contribution in [2.24, 2.45) is 0 Å². The molecule has 0 aliphatic rings. The maximum absolute atomic E-state index is 11.6. The highest BCUT2D eigenvalue weighted by atomic mass is 16.1. The molecule has 0 unspecified atom stereocenters. The second kappa shape index (κ2) is 6.55. The summed E-state index contributed by atoms with van der Waals surface area (Å²) in [7, 11) is 0. The van der Waals surface area contributed by atoms with Gasteiger partial charge >= 0.3 is 0 Å². The van der Waals surface area contributed by atoms with Gasteiger partial charge in [-0.25, -0.2) is 0 Å². The molecule has 1 aromatic rings. The summed E-state index contributed by atoms with van der Waals surface area (Å²) in [6.45, 7) is 9.31. The molecule has 0 spiro atoms. The van der Waals surface area contributed by atoms with E-state index in [4.69, 9.17) is 0 Å². The Morgan fingerprint density at radius 2 is 1.89 bits per heavy atom. The highest BCUT2D eigenvalue weighted by Crippen LogP contribution is 2.06. The molecule has 0 bridgehead atoms. The van der Waals surface area contributed by atoms with Gasteiger partial charge in [-0.2, -0.15) is 0 Å². The van der Waals surface area contributed by atoms with Gasteiger partial charge in [-0.05, 0) is 45.2 Å². The first kappa shape index (κ1) is 14.7. The van der Waals surface area contributed by atoms with Gasteiger partial charge < -0.3 is 10.6 Å². The lowest BCUT2D eigenvalue weighted by Gasteiger charge is -2.20. The quantitative estimate of drug-likeness (QED) is 0.837. The lowest BCUT2D eigenvalue weighted by Crippen LogP contribution is -2.43. The lowest BCUT2D eigenvalue weighted by atomic mass is 10.1. The summed E-state index contributed by atoms with van der Waals surface area (Å²) >= 11 is 0. The van der Waals surface area contributed by atoms with E-state index in [2.05, 4.69) is 29.7 Å². The number of benzene rings is 1. The fourth-order valence-corrected chi connectivity index (χ4v) is 1.64. The largest absolute Gasteiger partial charge is 0.355 e. The number of carbonyl (C=O) groups is 1. The van der Waals surface area contributed by atoms with Crippen LogP contribution in [0.15, 0.2) is 24.3 Å². The molecule has 100 valence electrons. The summed E-state index contributed by atoms with van der Waals surface area (Å²) in [5.41, 5.74) is 2.55. The number of nitrogens with one attached hydrogen (secondary N) is 2. The van der Waals surface area contributed by atoms with Gasteiger partial charge in [0.25, 0.3) is 0 Å². The van der Waals surface area contributed by atoms with Crippen molar-refractivity contribution in [3.63, 3.8) is 0 Å². The molecule has 0 radical (unpaired) electrons. The molecule has 0 fully saturated rings. The number of carbonyl (C=O) groups excluding carboxylic acids is 1. The highest BCUT2D eigenvalue weighted by molar-refractivity contribution is 5.78. The van der Waals surface area contributed by atoms with Crippen LogP contribution in [-0.4, -0.2) is 24.5 Å². The number of aryl methyl sites for hydroxylation is 1. The van der Waals surface area contributed by atoms with Gasteiger partial charge in [0.2, 0.25) is 5.91 Å². The second-order valence-electron chi connectivity index (χ2n) is 5.63. The Bertz CT molecular complexity index is 394. The van der Waals surface area contributed by atoms with E-state index in [0.717, 1.165) is 6.42 Å². The van der Waals surface area contributed by atoms with Gasteiger partial charge in [0, 0.05) is 12.1 Å². The fourth-order valence-electron chi connectivity index (χ4n) is 1.64. The highest BCUT2D eigenvalue weighted by Gasteiger charge is 2.10. The maximum Gasteiger partial charge on any atom is 0.233 e. The monoisotopic (exact) mass is 248 g/mol. The minimum Gasteiger partial charge on any atom is -0.355 e. The van der Waals surface area contributed by atoms with E-state index in [-0.39, 0.29) is 11.4 Å². The van der Waals surface area contributed by atoms with Crippen LogP contribution >= 0.6 is 0 Å². The number of amides is 1. The Kier molecular flexibility index (Phi) is 5.35. The van der Waals surface area contributed by atoms with Crippen molar-refractivity contribution in [1.29, 1.82) is 0 Å². The molecule has 1 amide bonds. The van der Waals surface area contributed by atoms with Gasteiger partial charge in [-0.15, -0.1) is 0 Å². The Morgan fingerprint density at radius 1 is 1.22 bits per heavy atom. The molecule has 0 heterocycles. The average molecular weight is 248 g/mol. The Labute approximate surface area is 110 Å². The number of rotatable bonds is 5. The van der Waals surface area contributed by atoms with Crippen molar-refractivity contribution >= 4 is 5.91 Å². The Balaban J connectivity index is 2.26. The number of hydrogen-bond acceptors (Lipinski definition) is 2. The van der Waals surface area contributed by atoms with Gasteiger partial charge in [0.05, 0.1) is 6.54 Å². The summed E-state index contributed by atoms with van der Waals surface area (Å²) in [6.07, 6.45) is 0.883. The third kappa shape index (κ3) is 5.82. The predicted octanol–water partition coefficient (Wildman–Crippen LogP) is 2.04. The van der Waals surface area contributed by atoms with Crippen molar-refractivity contribution in [2.75, 3.05) is 13.1 Å². The van der Waals surface area contributed by atoms with Crippen molar-refractivity contribution in [3.05, 3.63) is 35.4 Å².